The molecule has 40 heavy (non-hydrogen) atoms. The predicted octanol–water partition coefficient (Wildman–Crippen LogP) is 3.84. The van der Waals surface area contributed by atoms with Crippen LogP contribution in [0.2, 0.25) is 0 Å². The van der Waals surface area contributed by atoms with Gasteiger partial charge in [0.1, 0.15) is 35.6 Å². The second kappa shape index (κ2) is 10.7. The molecule has 13 heteroatoms. The first-order valence-corrected chi connectivity index (χ1v) is 13.0. The van der Waals surface area contributed by atoms with E-state index in [1.165, 1.54) is 13.0 Å². The summed E-state index contributed by atoms with van der Waals surface area (Å²) in [5.41, 5.74) is 0.246. The van der Waals surface area contributed by atoms with Crippen molar-refractivity contribution in [2.75, 3.05) is 6.61 Å². The molecule has 3 aromatic rings. The van der Waals surface area contributed by atoms with E-state index in [1.807, 2.05) is 0 Å². The first-order chi connectivity index (χ1) is 18.9. The molecular formula is C27H29F4N5O4. The second-order valence-corrected chi connectivity index (χ2v) is 10.5. The summed E-state index contributed by atoms with van der Waals surface area (Å²) >= 11 is 0. The van der Waals surface area contributed by atoms with Gasteiger partial charge in [0.15, 0.2) is 0 Å². The van der Waals surface area contributed by atoms with Gasteiger partial charge in [-0.3, -0.25) is 9.59 Å². The summed E-state index contributed by atoms with van der Waals surface area (Å²) in [5, 5.41) is 14.6. The van der Waals surface area contributed by atoms with Crippen LogP contribution in [-0.2, 0) is 11.0 Å². The minimum absolute atomic E-state index is 0.0260. The van der Waals surface area contributed by atoms with Gasteiger partial charge >= 0.3 is 6.18 Å². The number of aliphatic hydroxyl groups is 1. The summed E-state index contributed by atoms with van der Waals surface area (Å²) < 4.78 is 61.4. The average Bonchev–Trinajstić information content (AvgIpc) is 3.57. The van der Waals surface area contributed by atoms with Gasteiger partial charge in [-0.15, -0.1) is 0 Å². The van der Waals surface area contributed by atoms with E-state index in [-0.39, 0.29) is 46.4 Å². The summed E-state index contributed by atoms with van der Waals surface area (Å²) in [6, 6.07) is 1.73. The fourth-order valence-electron chi connectivity index (χ4n) is 4.93. The van der Waals surface area contributed by atoms with Gasteiger partial charge in [-0.25, -0.2) is 14.4 Å². The van der Waals surface area contributed by atoms with Crippen molar-refractivity contribution in [3.8, 4) is 17.0 Å². The van der Waals surface area contributed by atoms with E-state index in [0.29, 0.717) is 18.2 Å². The van der Waals surface area contributed by atoms with Gasteiger partial charge in [0.05, 0.1) is 29.3 Å². The molecule has 2 amide bonds. The number of aliphatic hydroxyl groups excluding tert-OH is 1. The lowest BCUT2D eigenvalue weighted by atomic mass is 10.0. The maximum Gasteiger partial charge on any atom is 0.416 e. The lowest BCUT2D eigenvalue weighted by Crippen LogP contribution is -2.41. The van der Waals surface area contributed by atoms with Gasteiger partial charge < -0.3 is 25.5 Å². The van der Waals surface area contributed by atoms with Crippen LogP contribution in [0.4, 0.5) is 17.6 Å². The monoisotopic (exact) mass is 563 g/mol. The molecule has 5 rings (SSSR count). The molecule has 0 bridgehead atoms. The van der Waals surface area contributed by atoms with Crippen molar-refractivity contribution in [1.29, 1.82) is 0 Å². The quantitative estimate of drug-likeness (QED) is 0.309. The minimum Gasteiger partial charge on any atom is -0.493 e. The lowest BCUT2D eigenvalue weighted by molar-refractivity contribution is -0.137. The Hall–Kier alpha value is -3.74. The average molecular weight is 564 g/mol. The molecule has 0 radical (unpaired) electrons. The Labute approximate surface area is 226 Å². The number of ether oxygens (including phenoxy) is 1. The first-order valence-electron chi connectivity index (χ1n) is 13.0. The van der Waals surface area contributed by atoms with Crippen LogP contribution >= 0.6 is 0 Å². The number of amides is 2. The van der Waals surface area contributed by atoms with E-state index in [4.69, 9.17) is 4.74 Å². The van der Waals surface area contributed by atoms with E-state index < -0.39 is 47.9 Å². The zero-order chi connectivity index (χ0) is 28.8. The maximum absolute atomic E-state index is 14.7. The predicted molar refractivity (Wildman–Crippen MR) is 136 cm³/mol. The smallest absolute Gasteiger partial charge is 0.416 e. The normalized spacial score (nSPS) is 21.8. The largest absolute Gasteiger partial charge is 0.493 e. The molecule has 2 fully saturated rings. The summed E-state index contributed by atoms with van der Waals surface area (Å²) in [7, 11) is 0. The standard InChI is InChI=1S/C27H29F4N5O4/c1-12-21(26(39)36-19-9-16(8-18(19)28)35-25(38)13(2)37)23-24(34-12)22(32-11-33-23)17-7-15(27(29,30)31)5-6-20(17)40-10-14-3-4-14/h5-7,11,13-14,16,18-19,34,37H,3-4,8-10H2,1-2H3,(H,35,38)(H,36,39)/t13-,16+,18+,19+/m0/s1. The number of aromatic nitrogens is 3. The molecule has 2 aliphatic carbocycles. The Kier molecular flexibility index (Phi) is 7.42. The molecule has 2 aliphatic rings. The third-order valence-electron chi connectivity index (χ3n) is 7.26. The second-order valence-electron chi connectivity index (χ2n) is 10.5. The van der Waals surface area contributed by atoms with Crippen molar-refractivity contribution in [2.45, 2.75) is 70.1 Å². The molecule has 4 atom stereocenters. The topological polar surface area (TPSA) is 129 Å². The number of halogens is 4. The molecular weight excluding hydrogens is 534 g/mol. The van der Waals surface area contributed by atoms with E-state index >= 15 is 0 Å². The highest BCUT2D eigenvalue weighted by atomic mass is 19.4. The maximum atomic E-state index is 14.7. The van der Waals surface area contributed by atoms with Crippen molar-refractivity contribution in [1.82, 2.24) is 25.6 Å². The molecule has 1 aromatic carbocycles. The highest BCUT2D eigenvalue weighted by Crippen LogP contribution is 2.40. The van der Waals surface area contributed by atoms with Crippen molar-refractivity contribution in [2.24, 2.45) is 5.92 Å². The molecule has 9 nitrogen and oxygen atoms in total. The zero-order valence-corrected chi connectivity index (χ0v) is 21.8. The van der Waals surface area contributed by atoms with Crippen molar-refractivity contribution in [3.05, 3.63) is 41.3 Å². The summed E-state index contributed by atoms with van der Waals surface area (Å²) in [6.45, 7) is 3.27. The third-order valence-corrected chi connectivity index (χ3v) is 7.26. The summed E-state index contributed by atoms with van der Waals surface area (Å²) in [5.74, 6) is -0.665. The van der Waals surface area contributed by atoms with Gasteiger partial charge in [-0.1, -0.05) is 0 Å². The van der Waals surface area contributed by atoms with E-state index in [9.17, 15) is 32.3 Å². The van der Waals surface area contributed by atoms with E-state index in [2.05, 4.69) is 25.6 Å². The summed E-state index contributed by atoms with van der Waals surface area (Å²) in [4.78, 5) is 36.6. The SMILES string of the molecule is Cc1[nH]c2c(-c3cc(C(F)(F)F)ccc3OCC3CC3)ncnc2c1C(=O)N[C@@H]1C[C@H](NC(=O)[C@H](C)O)C[C@H]1F. The Morgan fingerprint density at radius 2 is 1.95 bits per heavy atom. The van der Waals surface area contributed by atoms with Gasteiger partial charge in [-0.2, -0.15) is 13.2 Å². The number of carbonyl (C=O) groups excluding carboxylic acids is 2. The number of rotatable bonds is 8. The highest BCUT2D eigenvalue weighted by Gasteiger charge is 2.38. The fourth-order valence-corrected chi connectivity index (χ4v) is 4.93. The third kappa shape index (κ3) is 5.74. The number of aryl methyl sites for hydroxylation is 1. The van der Waals surface area contributed by atoms with Crippen LogP contribution in [0.3, 0.4) is 0 Å². The molecule has 0 saturated heterocycles. The van der Waals surface area contributed by atoms with Crippen LogP contribution < -0.4 is 15.4 Å². The fraction of sp³-hybridized carbons (Fsp3) is 0.481. The van der Waals surface area contributed by atoms with Crippen LogP contribution in [0.25, 0.3) is 22.3 Å². The van der Waals surface area contributed by atoms with E-state index in [0.717, 1.165) is 31.3 Å². The van der Waals surface area contributed by atoms with Crippen LogP contribution in [0.5, 0.6) is 5.75 Å². The first kappa shape index (κ1) is 27.8. The minimum atomic E-state index is -4.59. The van der Waals surface area contributed by atoms with Crippen molar-refractivity contribution >= 4 is 22.8 Å². The Bertz CT molecular complexity index is 1440. The van der Waals surface area contributed by atoms with E-state index in [1.54, 1.807) is 6.92 Å². The molecule has 2 saturated carbocycles. The van der Waals surface area contributed by atoms with Crippen LogP contribution in [0.1, 0.15) is 54.2 Å². The van der Waals surface area contributed by atoms with Crippen LogP contribution in [-0.4, -0.2) is 62.8 Å². The van der Waals surface area contributed by atoms with Gasteiger partial charge in [0, 0.05) is 23.7 Å². The number of nitrogens with one attached hydrogen (secondary N) is 3. The van der Waals surface area contributed by atoms with Crippen LogP contribution in [0, 0.1) is 12.8 Å². The molecule has 0 aliphatic heterocycles. The Balaban J connectivity index is 1.45. The number of nitrogens with zero attached hydrogens (tertiary/aromatic N) is 2. The Morgan fingerprint density at radius 1 is 1.20 bits per heavy atom. The zero-order valence-electron chi connectivity index (χ0n) is 21.8. The molecule has 4 N–H and O–H groups in total. The van der Waals surface area contributed by atoms with Gasteiger partial charge in [-0.05, 0) is 57.2 Å². The van der Waals surface area contributed by atoms with Gasteiger partial charge in [0.25, 0.3) is 5.91 Å². The number of aromatic amines is 1. The number of fused-ring (bicyclic) bond motifs is 1. The van der Waals surface area contributed by atoms with Crippen molar-refractivity contribution in [3.63, 3.8) is 0 Å². The molecule has 2 aromatic heterocycles. The molecule has 0 spiro atoms. The number of hydrogen-bond acceptors (Lipinski definition) is 6. The molecule has 2 heterocycles. The lowest BCUT2D eigenvalue weighted by Gasteiger charge is -2.16. The number of carbonyl (C=O) groups is 2. The number of benzene rings is 1. The number of hydrogen-bond donors (Lipinski definition) is 4. The number of H-pyrrole nitrogens is 1. The number of alkyl halides is 4. The molecule has 214 valence electrons. The van der Waals surface area contributed by atoms with Crippen LogP contribution in [0.15, 0.2) is 24.5 Å². The Morgan fingerprint density at radius 3 is 2.62 bits per heavy atom. The molecule has 0 unspecified atom stereocenters. The summed E-state index contributed by atoms with van der Waals surface area (Å²) in [6.07, 6.45) is -4.03. The van der Waals surface area contributed by atoms with Crippen molar-refractivity contribution < 1.29 is 37.0 Å². The van der Waals surface area contributed by atoms with Gasteiger partial charge in [0.2, 0.25) is 5.91 Å². The highest BCUT2D eigenvalue weighted by molar-refractivity contribution is 6.09.